The minimum Gasteiger partial charge on any atom is -0.484 e. The summed E-state index contributed by atoms with van der Waals surface area (Å²) in [5, 5.41) is 0. The largest absolute Gasteiger partial charge is 0.484 e. The van der Waals surface area contributed by atoms with Gasteiger partial charge in [-0.3, -0.25) is 4.79 Å². The number of halogens is 1. The molecule has 1 fully saturated rings. The number of ether oxygens (including phenoxy) is 1. The number of aryl methyl sites for hydroxylation is 1. The predicted molar refractivity (Wildman–Crippen MR) is 101 cm³/mol. The van der Waals surface area contributed by atoms with Gasteiger partial charge in [-0.1, -0.05) is 30.3 Å². The van der Waals surface area contributed by atoms with Gasteiger partial charge in [-0.05, 0) is 37.1 Å². The van der Waals surface area contributed by atoms with Crippen molar-refractivity contribution in [2.24, 2.45) is 0 Å². The molecule has 5 nitrogen and oxygen atoms in total. The SMILES string of the molecule is Cc1cccc(OCC(=O)N(Cc2ccccc2F)[C@H]2CCS(=O)(=O)C2)c1. The smallest absolute Gasteiger partial charge is 0.261 e. The van der Waals surface area contributed by atoms with Crippen LogP contribution in [0.4, 0.5) is 4.39 Å². The Morgan fingerprint density at radius 2 is 2.00 bits per heavy atom. The molecule has 1 aliphatic heterocycles. The summed E-state index contributed by atoms with van der Waals surface area (Å²) >= 11 is 0. The quantitative estimate of drug-likeness (QED) is 0.760. The lowest BCUT2D eigenvalue weighted by atomic mass is 10.1. The molecule has 0 bridgehead atoms. The molecule has 2 aromatic carbocycles. The fourth-order valence-electron chi connectivity index (χ4n) is 3.19. The molecule has 1 heterocycles. The standard InChI is InChI=1S/C20H22FNO4S/c1-15-5-4-7-18(11-15)26-13-20(23)22(17-9-10-27(24,25)14-17)12-16-6-2-3-8-19(16)21/h2-8,11,17H,9-10,12-14H2,1H3/t17-/m0/s1. The first-order valence-corrected chi connectivity index (χ1v) is 10.6. The lowest BCUT2D eigenvalue weighted by Gasteiger charge is -2.28. The van der Waals surface area contributed by atoms with Gasteiger partial charge >= 0.3 is 0 Å². The summed E-state index contributed by atoms with van der Waals surface area (Å²) in [5.41, 5.74) is 1.36. The van der Waals surface area contributed by atoms with Gasteiger partial charge in [0, 0.05) is 18.2 Å². The van der Waals surface area contributed by atoms with Crippen molar-refractivity contribution in [3.63, 3.8) is 0 Å². The van der Waals surface area contributed by atoms with E-state index < -0.39 is 21.7 Å². The Labute approximate surface area is 158 Å². The first-order valence-electron chi connectivity index (χ1n) is 8.77. The molecule has 2 aromatic rings. The zero-order valence-corrected chi connectivity index (χ0v) is 15.9. The van der Waals surface area contributed by atoms with Crippen LogP contribution in [0.25, 0.3) is 0 Å². The number of sulfone groups is 1. The predicted octanol–water partition coefficient (Wildman–Crippen LogP) is 2.73. The van der Waals surface area contributed by atoms with Crippen LogP contribution in [0.1, 0.15) is 17.5 Å². The third-order valence-electron chi connectivity index (χ3n) is 4.62. The second-order valence-electron chi connectivity index (χ2n) is 6.78. The second kappa shape index (κ2) is 8.08. The number of carbonyl (C=O) groups excluding carboxylic acids is 1. The van der Waals surface area contributed by atoms with Crippen molar-refractivity contribution >= 4 is 15.7 Å². The van der Waals surface area contributed by atoms with E-state index in [4.69, 9.17) is 4.74 Å². The van der Waals surface area contributed by atoms with Gasteiger partial charge in [0.2, 0.25) is 0 Å². The zero-order valence-electron chi connectivity index (χ0n) is 15.1. The van der Waals surface area contributed by atoms with E-state index in [2.05, 4.69) is 0 Å². The van der Waals surface area contributed by atoms with Crippen LogP contribution in [0.3, 0.4) is 0 Å². The highest BCUT2D eigenvalue weighted by Gasteiger charge is 2.35. The lowest BCUT2D eigenvalue weighted by Crippen LogP contribution is -2.43. The molecule has 0 radical (unpaired) electrons. The Bertz CT molecular complexity index is 929. The molecule has 0 spiro atoms. The normalized spacial score (nSPS) is 18.2. The Kier molecular flexibility index (Phi) is 5.79. The van der Waals surface area contributed by atoms with Gasteiger partial charge in [0.15, 0.2) is 16.4 Å². The second-order valence-corrected chi connectivity index (χ2v) is 9.00. The maximum atomic E-state index is 14.1. The van der Waals surface area contributed by atoms with Crippen molar-refractivity contribution in [1.29, 1.82) is 0 Å². The van der Waals surface area contributed by atoms with E-state index in [1.165, 1.54) is 11.0 Å². The highest BCUT2D eigenvalue weighted by atomic mass is 32.2. The van der Waals surface area contributed by atoms with Gasteiger partial charge in [0.25, 0.3) is 5.91 Å². The van der Waals surface area contributed by atoms with Gasteiger partial charge in [0.1, 0.15) is 11.6 Å². The monoisotopic (exact) mass is 391 g/mol. The minimum atomic E-state index is -3.18. The number of amides is 1. The molecular formula is C20H22FNO4S. The van der Waals surface area contributed by atoms with Crippen molar-refractivity contribution in [2.45, 2.75) is 25.9 Å². The highest BCUT2D eigenvalue weighted by Crippen LogP contribution is 2.22. The van der Waals surface area contributed by atoms with Crippen LogP contribution in [-0.4, -0.2) is 43.4 Å². The molecule has 3 rings (SSSR count). The van der Waals surface area contributed by atoms with Crippen LogP contribution in [0.15, 0.2) is 48.5 Å². The van der Waals surface area contributed by atoms with Crippen molar-refractivity contribution in [2.75, 3.05) is 18.1 Å². The van der Waals surface area contributed by atoms with Crippen LogP contribution in [0, 0.1) is 12.7 Å². The van der Waals surface area contributed by atoms with E-state index in [9.17, 15) is 17.6 Å². The van der Waals surface area contributed by atoms with E-state index >= 15 is 0 Å². The van der Waals surface area contributed by atoms with Gasteiger partial charge in [-0.15, -0.1) is 0 Å². The molecule has 1 atom stereocenters. The fraction of sp³-hybridized carbons (Fsp3) is 0.350. The van der Waals surface area contributed by atoms with E-state index in [1.54, 1.807) is 24.3 Å². The Morgan fingerprint density at radius 3 is 2.67 bits per heavy atom. The molecular weight excluding hydrogens is 369 g/mol. The molecule has 0 N–H and O–H groups in total. The number of hydrogen-bond donors (Lipinski definition) is 0. The molecule has 144 valence electrons. The number of benzene rings is 2. The molecule has 1 amide bonds. The third kappa shape index (κ3) is 5.07. The molecule has 0 aliphatic carbocycles. The van der Waals surface area contributed by atoms with Crippen molar-refractivity contribution in [3.8, 4) is 5.75 Å². The third-order valence-corrected chi connectivity index (χ3v) is 6.37. The molecule has 1 aliphatic rings. The number of rotatable bonds is 6. The highest BCUT2D eigenvalue weighted by molar-refractivity contribution is 7.91. The number of nitrogens with zero attached hydrogens (tertiary/aromatic N) is 1. The van der Waals surface area contributed by atoms with Gasteiger partial charge in [-0.25, -0.2) is 12.8 Å². The molecule has 27 heavy (non-hydrogen) atoms. The summed E-state index contributed by atoms with van der Waals surface area (Å²) in [6.45, 7) is 1.71. The van der Waals surface area contributed by atoms with E-state index in [1.807, 2.05) is 25.1 Å². The van der Waals surface area contributed by atoms with E-state index in [-0.39, 0.29) is 30.6 Å². The van der Waals surface area contributed by atoms with E-state index in [0.717, 1.165) is 5.56 Å². The summed E-state index contributed by atoms with van der Waals surface area (Å²) in [6.07, 6.45) is 0.354. The van der Waals surface area contributed by atoms with E-state index in [0.29, 0.717) is 17.7 Å². The van der Waals surface area contributed by atoms with Crippen LogP contribution >= 0.6 is 0 Å². The number of hydrogen-bond acceptors (Lipinski definition) is 4. The van der Waals surface area contributed by atoms with Gasteiger partial charge in [-0.2, -0.15) is 0 Å². The zero-order chi connectivity index (χ0) is 19.4. The topological polar surface area (TPSA) is 63.7 Å². The minimum absolute atomic E-state index is 0.0167. The first-order chi connectivity index (χ1) is 12.8. The van der Waals surface area contributed by atoms with Crippen molar-refractivity contribution in [1.82, 2.24) is 4.90 Å². The maximum Gasteiger partial charge on any atom is 0.261 e. The van der Waals surface area contributed by atoms with Crippen molar-refractivity contribution < 1.29 is 22.3 Å². The summed E-state index contributed by atoms with van der Waals surface area (Å²) in [7, 11) is -3.18. The summed E-state index contributed by atoms with van der Waals surface area (Å²) in [4.78, 5) is 14.2. The van der Waals surface area contributed by atoms with Crippen LogP contribution in [0.5, 0.6) is 5.75 Å². The average Bonchev–Trinajstić information content (AvgIpc) is 2.98. The molecule has 7 heteroatoms. The average molecular weight is 391 g/mol. The summed E-state index contributed by atoms with van der Waals surface area (Å²) in [6, 6.07) is 13.0. The Balaban J connectivity index is 1.76. The van der Waals surface area contributed by atoms with Crippen molar-refractivity contribution in [3.05, 3.63) is 65.5 Å². The fourth-order valence-corrected chi connectivity index (χ4v) is 4.92. The van der Waals surface area contributed by atoms with Gasteiger partial charge < -0.3 is 9.64 Å². The van der Waals surface area contributed by atoms with Crippen LogP contribution in [-0.2, 0) is 21.2 Å². The lowest BCUT2D eigenvalue weighted by molar-refractivity contribution is -0.136. The molecule has 0 saturated carbocycles. The number of carbonyl (C=O) groups is 1. The molecule has 0 unspecified atom stereocenters. The molecule has 0 aromatic heterocycles. The van der Waals surface area contributed by atoms with Gasteiger partial charge in [0.05, 0.1) is 11.5 Å². The van der Waals surface area contributed by atoms with Crippen LogP contribution < -0.4 is 4.74 Å². The summed E-state index contributed by atoms with van der Waals surface area (Å²) < 4.78 is 43.4. The Hall–Kier alpha value is -2.41. The Morgan fingerprint density at radius 1 is 1.22 bits per heavy atom. The van der Waals surface area contributed by atoms with Crippen LogP contribution in [0.2, 0.25) is 0 Å². The summed E-state index contributed by atoms with van der Waals surface area (Å²) in [5.74, 6) is -0.277. The first kappa shape index (κ1) is 19.4. The molecule has 1 saturated heterocycles. The maximum absolute atomic E-state index is 14.1.